The lowest BCUT2D eigenvalue weighted by molar-refractivity contribution is 0.000928. The average molecular weight is 382 g/mol. The van der Waals surface area contributed by atoms with Crippen molar-refractivity contribution in [2.24, 2.45) is 0 Å². The minimum absolute atomic E-state index is 0.0817. The minimum Gasteiger partial charge on any atom is -0.378 e. The number of rotatable bonds is 3. The first-order valence-electron chi connectivity index (χ1n) is 9.11. The molecule has 144 valence electrons. The highest BCUT2D eigenvalue weighted by atomic mass is 19.1. The molecule has 1 N–H and O–H groups in total. The van der Waals surface area contributed by atoms with Gasteiger partial charge >= 0.3 is 0 Å². The number of hydrogen-bond acceptors (Lipinski definition) is 7. The van der Waals surface area contributed by atoms with Gasteiger partial charge in [-0.1, -0.05) is 0 Å². The number of ether oxygens (including phenoxy) is 1. The fourth-order valence-corrected chi connectivity index (χ4v) is 3.53. The maximum atomic E-state index is 14.4. The van der Waals surface area contributed by atoms with Gasteiger partial charge in [0.15, 0.2) is 11.3 Å². The van der Waals surface area contributed by atoms with Crippen molar-refractivity contribution >= 4 is 28.3 Å². The van der Waals surface area contributed by atoms with Gasteiger partial charge < -0.3 is 10.1 Å². The number of nitrogens with one attached hydrogen (secondary N) is 1. The third-order valence-corrected chi connectivity index (χ3v) is 5.07. The largest absolute Gasteiger partial charge is 0.378 e. The van der Waals surface area contributed by atoms with Gasteiger partial charge in [0, 0.05) is 12.8 Å². The van der Waals surface area contributed by atoms with Crippen molar-refractivity contribution in [3.05, 3.63) is 36.0 Å². The summed E-state index contributed by atoms with van der Waals surface area (Å²) in [5.74, 6) is 0.415. The van der Waals surface area contributed by atoms with Crippen molar-refractivity contribution in [2.45, 2.75) is 32.5 Å². The number of hydrogen-bond donors (Lipinski definition) is 1. The number of alkyl halides is 1. The van der Waals surface area contributed by atoms with Crippen LogP contribution in [0.1, 0.15) is 23.7 Å². The van der Waals surface area contributed by atoms with Gasteiger partial charge in [0.1, 0.15) is 12.5 Å². The molecule has 1 fully saturated rings. The van der Waals surface area contributed by atoms with Crippen molar-refractivity contribution in [3.63, 3.8) is 0 Å². The summed E-state index contributed by atoms with van der Waals surface area (Å²) in [4.78, 5) is 13.2. The van der Waals surface area contributed by atoms with Crippen LogP contribution in [0.25, 0.3) is 16.7 Å². The second kappa shape index (κ2) is 6.48. The monoisotopic (exact) mass is 382 g/mol. The molecule has 5 rings (SSSR count). The van der Waals surface area contributed by atoms with Gasteiger partial charge in [-0.3, -0.25) is 0 Å². The van der Waals surface area contributed by atoms with E-state index in [0.29, 0.717) is 24.6 Å². The van der Waals surface area contributed by atoms with E-state index in [0.717, 1.165) is 28.0 Å². The molecule has 0 spiro atoms. The first kappa shape index (κ1) is 17.0. The Morgan fingerprint density at radius 1 is 1.29 bits per heavy atom. The number of nitrogens with zero attached hydrogens (tertiary/aromatic N) is 7. The van der Waals surface area contributed by atoms with Crippen LogP contribution in [0.15, 0.2) is 24.8 Å². The summed E-state index contributed by atoms with van der Waals surface area (Å²) < 4.78 is 23.0. The summed E-state index contributed by atoms with van der Waals surface area (Å²) in [5, 5.41) is 12.7. The van der Waals surface area contributed by atoms with Crippen LogP contribution in [-0.4, -0.2) is 53.7 Å². The number of halogens is 1. The molecule has 0 saturated carbocycles. The smallest absolute Gasteiger partial charge is 0.229 e. The van der Waals surface area contributed by atoms with Crippen LogP contribution in [0.3, 0.4) is 0 Å². The summed E-state index contributed by atoms with van der Waals surface area (Å²) in [7, 11) is 0. The zero-order chi connectivity index (χ0) is 19.3. The Labute approximate surface area is 159 Å². The highest BCUT2D eigenvalue weighted by Gasteiger charge is 2.30. The Morgan fingerprint density at radius 3 is 3.04 bits per heavy atom. The summed E-state index contributed by atoms with van der Waals surface area (Å²) >= 11 is 0. The van der Waals surface area contributed by atoms with Gasteiger partial charge in [0.2, 0.25) is 5.95 Å². The maximum absolute atomic E-state index is 14.4. The molecule has 28 heavy (non-hydrogen) atoms. The molecule has 0 bridgehead atoms. The molecule has 0 amide bonds. The van der Waals surface area contributed by atoms with E-state index in [1.165, 1.54) is 6.33 Å². The maximum Gasteiger partial charge on any atom is 0.229 e. The van der Waals surface area contributed by atoms with Gasteiger partial charge in [0.25, 0.3) is 0 Å². The molecule has 0 aromatic carbocycles. The lowest BCUT2D eigenvalue weighted by Gasteiger charge is -2.26. The van der Waals surface area contributed by atoms with E-state index in [1.54, 1.807) is 15.4 Å². The second-order valence-electron chi connectivity index (χ2n) is 6.97. The fraction of sp³-hybridized carbons (Fsp3) is 0.389. The fourth-order valence-electron chi connectivity index (χ4n) is 3.53. The number of aryl methyl sites for hydroxylation is 2. The number of anilines is 2. The van der Waals surface area contributed by atoms with Crippen LogP contribution in [0.4, 0.5) is 16.0 Å². The van der Waals surface area contributed by atoms with Gasteiger partial charge in [-0.25, -0.2) is 23.6 Å². The summed E-state index contributed by atoms with van der Waals surface area (Å²) in [6.45, 7) is 4.45. The summed E-state index contributed by atoms with van der Waals surface area (Å²) in [6, 6.07) is 1.54. The lowest BCUT2D eigenvalue weighted by Crippen LogP contribution is -2.32. The molecule has 2 unspecified atom stereocenters. The number of aromatic nitrogens is 7. The third kappa shape index (κ3) is 2.76. The standard InChI is InChI=1S/C18H19FN8O/c1-10-5-16-21-9-22-26(16)7-14(10)23-18-20-6-12-11(2)25-27(17(12)24-18)15-3-4-28-8-13(15)19/h5-7,9,13,15H,3-4,8H2,1-2H3,(H,20,23,24). The molecule has 2 atom stereocenters. The van der Waals surface area contributed by atoms with Crippen molar-refractivity contribution in [1.29, 1.82) is 0 Å². The Morgan fingerprint density at radius 2 is 2.18 bits per heavy atom. The zero-order valence-corrected chi connectivity index (χ0v) is 15.5. The molecule has 0 radical (unpaired) electrons. The molecule has 5 heterocycles. The topological polar surface area (TPSA) is 95.1 Å². The molecule has 4 aromatic heterocycles. The zero-order valence-electron chi connectivity index (χ0n) is 15.5. The van der Waals surface area contributed by atoms with E-state index in [9.17, 15) is 4.39 Å². The van der Waals surface area contributed by atoms with Gasteiger partial charge in [-0.2, -0.15) is 15.2 Å². The minimum atomic E-state index is -1.11. The van der Waals surface area contributed by atoms with Crippen LogP contribution in [-0.2, 0) is 4.74 Å². The average Bonchev–Trinajstić information content (AvgIpc) is 3.26. The van der Waals surface area contributed by atoms with E-state index in [2.05, 4.69) is 30.5 Å². The number of fused-ring (bicyclic) bond motifs is 2. The molecular formula is C18H19FN8O. The molecular weight excluding hydrogens is 363 g/mol. The number of pyridine rings is 1. The van der Waals surface area contributed by atoms with Gasteiger partial charge in [0.05, 0.1) is 35.6 Å². The molecule has 10 heteroatoms. The Balaban J connectivity index is 1.55. The van der Waals surface area contributed by atoms with Crippen LogP contribution in [0.2, 0.25) is 0 Å². The first-order chi connectivity index (χ1) is 13.6. The Kier molecular flexibility index (Phi) is 3.93. The summed E-state index contributed by atoms with van der Waals surface area (Å²) in [6.07, 6.45) is 4.51. The van der Waals surface area contributed by atoms with Crippen LogP contribution in [0, 0.1) is 13.8 Å². The molecule has 0 aliphatic carbocycles. The van der Waals surface area contributed by atoms with E-state index >= 15 is 0 Å². The highest BCUT2D eigenvalue weighted by molar-refractivity contribution is 5.79. The second-order valence-corrected chi connectivity index (χ2v) is 6.97. The molecule has 1 aliphatic heterocycles. The van der Waals surface area contributed by atoms with Crippen LogP contribution >= 0.6 is 0 Å². The molecule has 1 aliphatic rings. The lowest BCUT2D eigenvalue weighted by atomic mass is 10.1. The van der Waals surface area contributed by atoms with E-state index < -0.39 is 6.17 Å². The normalized spacial score (nSPS) is 20.1. The summed E-state index contributed by atoms with van der Waals surface area (Å²) in [5.41, 5.74) is 3.96. The first-order valence-corrected chi connectivity index (χ1v) is 9.11. The van der Waals surface area contributed by atoms with Gasteiger partial charge in [-0.15, -0.1) is 0 Å². The van der Waals surface area contributed by atoms with Crippen molar-refractivity contribution in [3.8, 4) is 0 Å². The van der Waals surface area contributed by atoms with Crippen molar-refractivity contribution in [2.75, 3.05) is 18.5 Å². The quantitative estimate of drug-likeness (QED) is 0.582. The van der Waals surface area contributed by atoms with E-state index in [4.69, 9.17) is 4.74 Å². The van der Waals surface area contributed by atoms with Crippen LogP contribution < -0.4 is 5.32 Å². The van der Waals surface area contributed by atoms with Gasteiger partial charge in [-0.05, 0) is 31.9 Å². The van der Waals surface area contributed by atoms with Crippen molar-refractivity contribution < 1.29 is 9.13 Å². The highest BCUT2D eigenvalue weighted by Crippen LogP contribution is 2.29. The Hall–Kier alpha value is -3.14. The SMILES string of the molecule is Cc1cc2ncnn2cc1Nc1ncc2c(C)nn(C3CCOCC3F)c2n1. The van der Waals surface area contributed by atoms with Crippen molar-refractivity contribution in [1.82, 2.24) is 34.3 Å². The van der Waals surface area contributed by atoms with Crippen LogP contribution in [0.5, 0.6) is 0 Å². The predicted octanol–water partition coefficient (Wildman–Crippen LogP) is 2.53. The molecule has 4 aromatic rings. The van der Waals surface area contributed by atoms with E-state index in [-0.39, 0.29) is 12.6 Å². The predicted molar refractivity (Wildman–Crippen MR) is 100 cm³/mol. The Bertz CT molecular complexity index is 1170. The third-order valence-electron chi connectivity index (χ3n) is 5.07. The molecule has 1 saturated heterocycles. The van der Waals surface area contributed by atoms with E-state index in [1.807, 2.05) is 26.1 Å². The molecule has 9 nitrogen and oxygen atoms in total.